The second-order valence-corrected chi connectivity index (χ2v) is 4.96. The van der Waals surface area contributed by atoms with E-state index in [4.69, 9.17) is 5.26 Å². The molecule has 0 radical (unpaired) electrons. The summed E-state index contributed by atoms with van der Waals surface area (Å²) in [5.74, 6) is 0.933. The Balaban J connectivity index is 2.15. The molecule has 0 saturated carbocycles. The van der Waals surface area contributed by atoms with Gasteiger partial charge in [0.1, 0.15) is 5.82 Å². The summed E-state index contributed by atoms with van der Waals surface area (Å²) in [5, 5.41) is 12.3. The molecule has 0 aliphatic rings. The van der Waals surface area contributed by atoms with Crippen LogP contribution in [-0.2, 0) is 6.54 Å². The first-order valence-electron chi connectivity index (χ1n) is 7.13. The summed E-state index contributed by atoms with van der Waals surface area (Å²) in [4.78, 5) is 6.53. The van der Waals surface area contributed by atoms with Crippen molar-refractivity contribution >= 4 is 11.5 Å². The molecule has 108 valence electrons. The predicted molar refractivity (Wildman–Crippen MR) is 86.3 cm³/mol. The second-order valence-electron chi connectivity index (χ2n) is 4.96. The monoisotopic (exact) mass is 280 g/mol. The highest BCUT2D eigenvalue weighted by molar-refractivity contribution is 5.53. The van der Waals surface area contributed by atoms with Crippen LogP contribution in [0.4, 0.5) is 11.5 Å². The quantitative estimate of drug-likeness (QED) is 0.881. The van der Waals surface area contributed by atoms with Crippen LogP contribution >= 0.6 is 0 Å². The third-order valence-electron chi connectivity index (χ3n) is 3.26. The minimum atomic E-state index is 0.676. The maximum atomic E-state index is 8.99. The van der Waals surface area contributed by atoms with Gasteiger partial charge in [0.25, 0.3) is 0 Å². The number of nitrogens with zero attached hydrogens (tertiary/aromatic N) is 3. The average Bonchev–Trinajstić information content (AvgIpc) is 2.54. The summed E-state index contributed by atoms with van der Waals surface area (Å²) < 4.78 is 0. The standard InChI is InChI=1S/C17H20N4/c1-3-9-19-17-15(7-5-10-20-17)13-21(2)16-8-4-6-14(11-16)12-18/h4-8,10-11H,3,9,13H2,1-2H3,(H,19,20). The first-order chi connectivity index (χ1) is 10.2. The zero-order valence-electron chi connectivity index (χ0n) is 12.5. The fraction of sp³-hybridized carbons (Fsp3) is 0.294. The van der Waals surface area contributed by atoms with Crippen LogP contribution in [0.1, 0.15) is 24.5 Å². The molecular formula is C17H20N4. The molecule has 0 atom stereocenters. The Bertz CT molecular complexity index is 631. The van der Waals surface area contributed by atoms with E-state index in [0.717, 1.165) is 36.6 Å². The van der Waals surface area contributed by atoms with E-state index in [-0.39, 0.29) is 0 Å². The van der Waals surface area contributed by atoms with Crippen molar-refractivity contribution in [3.8, 4) is 6.07 Å². The summed E-state index contributed by atoms with van der Waals surface area (Å²) in [7, 11) is 2.02. The van der Waals surface area contributed by atoms with Crippen LogP contribution in [0.5, 0.6) is 0 Å². The molecule has 0 fully saturated rings. The second kappa shape index (κ2) is 7.30. The molecule has 0 aliphatic heterocycles. The number of anilines is 2. The fourth-order valence-corrected chi connectivity index (χ4v) is 2.13. The zero-order chi connectivity index (χ0) is 15.1. The lowest BCUT2D eigenvalue weighted by atomic mass is 10.2. The van der Waals surface area contributed by atoms with Gasteiger partial charge in [0.15, 0.2) is 0 Å². The van der Waals surface area contributed by atoms with Crippen LogP contribution in [0, 0.1) is 11.3 Å². The number of nitrogens with one attached hydrogen (secondary N) is 1. The zero-order valence-corrected chi connectivity index (χ0v) is 12.5. The maximum absolute atomic E-state index is 8.99. The van der Waals surface area contributed by atoms with Crippen molar-refractivity contribution in [2.75, 3.05) is 23.8 Å². The highest BCUT2D eigenvalue weighted by atomic mass is 15.1. The number of pyridine rings is 1. The van der Waals surface area contributed by atoms with Crippen molar-refractivity contribution in [2.24, 2.45) is 0 Å². The summed E-state index contributed by atoms with van der Waals surface area (Å²) >= 11 is 0. The van der Waals surface area contributed by atoms with Crippen LogP contribution in [0.2, 0.25) is 0 Å². The van der Waals surface area contributed by atoms with Crippen LogP contribution in [0.3, 0.4) is 0 Å². The van der Waals surface area contributed by atoms with Gasteiger partial charge < -0.3 is 10.2 Å². The highest BCUT2D eigenvalue weighted by Crippen LogP contribution is 2.20. The Hall–Kier alpha value is -2.54. The number of rotatable bonds is 6. The Morgan fingerprint density at radius 1 is 1.29 bits per heavy atom. The van der Waals surface area contributed by atoms with E-state index in [1.54, 1.807) is 6.20 Å². The van der Waals surface area contributed by atoms with Gasteiger partial charge in [-0.05, 0) is 30.7 Å². The van der Waals surface area contributed by atoms with Crippen molar-refractivity contribution in [1.29, 1.82) is 5.26 Å². The summed E-state index contributed by atoms with van der Waals surface area (Å²) in [5.41, 5.74) is 2.85. The molecule has 1 aromatic heterocycles. The number of benzene rings is 1. The van der Waals surface area contributed by atoms with E-state index in [1.165, 1.54) is 0 Å². The van der Waals surface area contributed by atoms with Crippen LogP contribution in [0.15, 0.2) is 42.6 Å². The van der Waals surface area contributed by atoms with Gasteiger partial charge in [-0.1, -0.05) is 19.1 Å². The summed E-state index contributed by atoms with van der Waals surface area (Å²) in [6.07, 6.45) is 2.87. The van der Waals surface area contributed by atoms with E-state index in [0.29, 0.717) is 5.56 Å². The van der Waals surface area contributed by atoms with Crippen LogP contribution in [-0.4, -0.2) is 18.6 Å². The number of aromatic nitrogens is 1. The summed E-state index contributed by atoms with van der Waals surface area (Å²) in [6.45, 7) is 3.79. The molecule has 21 heavy (non-hydrogen) atoms. The topological polar surface area (TPSA) is 52.0 Å². The molecule has 4 heteroatoms. The van der Waals surface area contributed by atoms with E-state index in [1.807, 2.05) is 37.4 Å². The number of hydrogen-bond donors (Lipinski definition) is 1. The Kier molecular flexibility index (Phi) is 5.16. The first kappa shape index (κ1) is 14.9. The molecule has 4 nitrogen and oxygen atoms in total. The predicted octanol–water partition coefficient (Wildman–Crippen LogP) is 3.41. The van der Waals surface area contributed by atoms with E-state index >= 15 is 0 Å². The summed E-state index contributed by atoms with van der Waals surface area (Å²) in [6, 6.07) is 13.8. The molecule has 0 aliphatic carbocycles. The SMILES string of the molecule is CCCNc1ncccc1CN(C)c1cccc(C#N)c1. The molecule has 2 rings (SSSR count). The van der Waals surface area contributed by atoms with Gasteiger partial charge in [-0.3, -0.25) is 0 Å². The Morgan fingerprint density at radius 2 is 2.14 bits per heavy atom. The largest absolute Gasteiger partial charge is 0.370 e. The van der Waals surface area contributed by atoms with Gasteiger partial charge in [0.2, 0.25) is 0 Å². The lowest BCUT2D eigenvalue weighted by Gasteiger charge is -2.21. The lowest BCUT2D eigenvalue weighted by Crippen LogP contribution is -2.18. The van der Waals surface area contributed by atoms with Gasteiger partial charge in [-0.2, -0.15) is 5.26 Å². The van der Waals surface area contributed by atoms with Crippen molar-refractivity contribution in [3.05, 3.63) is 53.7 Å². The first-order valence-corrected chi connectivity index (χ1v) is 7.13. The fourth-order valence-electron chi connectivity index (χ4n) is 2.13. The van der Waals surface area contributed by atoms with E-state index < -0.39 is 0 Å². The maximum Gasteiger partial charge on any atom is 0.130 e. The van der Waals surface area contributed by atoms with Crippen LogP contribution in [0.25, 0.3) is 0 Å². The van der Waals surface area contributed by atoms with Crippen molar-refractivity contribution < 1.29 is 0 Å². The molecule has 0 amide bonds. The van der Waals surface area contributed by atoms with Gasteiger partial charge in [-0.25, -0.2) is 4.98 Å². The van der Waals surface area contributed by atoms with Crippen molar-refractivity contribution in [3.63, 3.8) is 0 Å². The van der Waals surface area contributed by atoms with E-state index in [9.17, 15) is 0 Å². The highest BCUT2D eigenvalue weighted by Gasteiger charge is 2.07. The molecule has 1 aromatic carbocycles. The van der Waals surface area contributed by atoms with Crippen LogP contribution < -0.4 is 10.2 Å². The molecule has 2 aromatic rings. The number of nitriles is 1. The van der Waals surface area contributed by atoms with Gasteiger partial charge in [-0.15, -0.1) is 0 Å². The number of hydrogen-bond acceptors (Lipinski definition) is 4. The average molecular weight is 280 g/mol. The van der Waals surface area contributed by atoms with Gasteiger partial charge in [0, 0.05) is 37.6 Å². The third kappa shape index (κ3) is 3.96. The molecule has 0 unspecified atom stereocenters. The smallest absolute Gasteiger partial charge is 0.130 e. The van der Waals surface area contributed by atoms with Gasteiger partial charge >= 0.3 is 0 Å². The van der Waals surface area contributed by atoms with Crippen molar-refractivity contribution in [2.45, 2.75) is 19.9 Å². The molecule has 1 N–H and O–H groups in total. The minimum absolute atomic E-state index is 0.676. The normalized spacial score (nSPS) is 9.95. The Labute approximate surface area is 126 Å². The molecule has 1 heterocycles. The third-order valence-corrected chi connectivity index (χ3v) is 3.26. The molecular weight excluding hydrogens is 260 g/mol. The molecule has 0 bridgehead atoms. The van der Waals surface area contributed by atoms with Gasteiger partial charge in [0.05, 0.1) is 11.6 Å². The molecule has 0 spiro atoms. The lowest BCUT2D eigenvalue weighted by molar-refractivity contribution is 0.903. The Morgan fingerprint density at radius 3 is 2.90 bits per heavy atom. The minimum Gasteiger partial charge on any atom is -0.370 e. The molecule has 0 saturated heterocycles. The van der Waals surface area contributed by atoms with E-state index in [2.05, 4.69) is 34.3 Å². The van der Waals surface area contributed by atoms with Crippen molar-refractivity contribution in [1.82, 2.24) is 4.98 Å².